The molecule has 2 atom stereocenters. The number of carboxylic acids is 1. The quantitative estimate of drug-likeness (QED) is 0.835. The standard InChI is InChI=1S/C11H11FN4O3/c1-6(17)9(11(18)19)16-10(13-14-15-16)7-3-2-4-8(12)5-7/h2-6,9,17H,1H3,(H,18,19). The van der Waals surface area contributed by atoms with Crippen LogP contribution in [0.15, 0.2) is 24.3 Å². The van der Waals surface area contributed by atoms with E-state index in [0.717, 1.165) is 4.68 Å². The topological polar surface area (TPSA) is 101 Å². The van der Waals surface area contributed by atoms with Crippen molar-refractivity contribution in [3.05, 3.63) is 30.1 Å². The lowest BCUT2D eigenvalue weighted by Gasteiger charge is -2.16. The number of halogens is 1. The Morgan fingerprint density at radius 3 is 2.79 bits per heavy atom. The highest BCUT2D eigenvalue weighted by molar-refractivity contribution is 5.73. The number of aliphatic hydroxyl groups excluding tert-OH is 1. The Bertz CT molecular complexity index is 599. The van der Waals surface area contributed by atoms with Crippen molar-refractivity contribution in [3.8, 4) is 11.4 Å². The first kappa shape index (κ1) is 13.1. The average Bonchev–Trinajstić information content (AvgIpc) is 2.77. The van der Waals surface area contributed by atoms with Crippen molar-refractivity contribution in [2.24, 2.45) is 0 Å². The summed E-state index contributed by atoms with van der Waals surface area (Å²) in [6.07, 6.45) is -1.20. The smallest absolute Gasteiger partial charge is 0.331 e. The monoisotopic (exact) mass is 266 g/mol. The first-order valence-corrected chi connectivity index (χ1v) is 5.45. The van der Waals surface area contributed by atoms with Gasteiger partial charge in [0.1, 0.15) is 5.82 Å². The van der Waals surface area contributed by atoms with Crippen LogP contribution in [-0.2, 0) is 4.79 Å². The highest BCUT2D eigenvalue weighted by Gasteiger charge is 2.29. The van der Waals surface area contributed by atoms with E-state index >= 15 is 0 Å². The number of tetrazole rings is 1. The summed E-state index contributed by atoms with van der Waals surface area (Å²) in [5.41, 5.74) is 0.330. The third-order valence-corrected chi connectivity index (χ3v) is 2.55. The number of carbonyl (C=O) groups is 1. The summed E-state index contributed by atoms with van der Waals surface area (Å²) in [5, 5.41) is 29.2. The molecule has 0 saturated carbocycles. The fourth-order valence-electron chi connectivity index (χ4n) is 1.71. The van der Waals surface area contributed by atoms with Gasteiger partial charge in [-0.05, 0) is 29.5 Å². The maximum Gasteiger partial charge on any atom is 0.331 e. The Labute approximate surface area is 107 Å². The van der Waals surface area contributed by atoms with Crippen molar-refractivity contribution in [3.63, 3.8) is 0 Å². The van der Waals surface area contributed by atoms with E-state index in [1.165, 1.54) is 25.1 Å². The van der Waals surface area contributed by atoms with Crippen LogP contribution < -0.4 is 0 Å². The highest BCUT2D eigenvalue weighted by atomic mass is 19.1. The molecule has 0 amide bonds. The van der Waals surface area contributed by atoms with Gasteiger partial charge in [0, 0.05) is 5.56 Å². The molecular formula is C11H11FN4O3. The zero-order valence-electron chi connectivity index (χ0n) is 9.93. The van der Waals surface area contributed by atoms with Gasteiger partial charge in [-0.25, -0.2) is 13.9 Å². The van der Waals surface area contributed by atoms with Gasteiger partial charge in [0.05, 0.1) is 6.10 Å². The van der Waals surface area contributed by atoms with Crippen molar-refractivity contribution in [1.29, 1.82) is 0 Å². The molecular weight excluding hydrogens is 255 g/mol. The zero-order valence-corrected chi connectivity index (χ0v) is 9.93. The first-order chi connectivity index (χ1) is 9.00. The lowest BCUT2D eigenvalue weighted by atomic mass is 10.1. The van der Waals surface area contributed by atoms with Crippen molar-refractivity contribution in [2.75, 3.05) is 0 Å². The van der Waals surface area contributed by atoms with Gasteiger partial charge in [0.25, 0.3) is 0 Å². The Kier molecular flexibility index (Phi) is 3.52. The summed E-state index contributed by atoms with van der Waals surface area (Å²) in [7, 11) is 0. The number of nitrogens with zero attached hydrogens (tertiary/aromatic N) is 4. The minimum absolute atomic E-state index is 0.0767. The molecule has 0 spiro atoms. The number of carboxylic acid groups (broad SMARTS) is 1. The molecule has 1 heterocycles. The Morgan fingerprint density at radius 2 is 2.21 bits per heavy atom. The average molecular weight is 266 g/mol. The number of aliphatic hydroxyl groups is 1. The molecule has 2 unspecified atom stereocenters. The summed E-state index contributed by atoms with van der Waals surface area (Å²) in [6, 6.07) is 4.10. The van der Waals surface area contributed by atoms with Crippen LogP contribution in [0.3, 0.4) is 0 Å². The molecule has 7 nitrogen and oxygen atoms in total. The summed E-state index contributed by atoms with van der Waals surface area (Å²) >= 11 is 0. The molecule has 1 aromatic carbocycles. The molecule has 100 valence electrons. The van der Waals surface area contributed by atoms with Crippen LogP contribution in [0.25, 0.3) is 11.4 Å². The van der Waals surface area contributed by atoms with Crippen LogP contribution in [0.5, 0.6) is 0 Å². The third kappa shape index (κ3) is 2.58. The van der Waals surface area contributed by atoms with Crippen LogP contribution in [0.1, 0.15) is 13.0 Å². The van der Waals surface area contributed by atoms with Crippen LogP contribution in [-0.4, -0.2) is 42.5 Å². The third-order valence-electron chi connectivity index (χ3n) is 2.55. The minimum Gasteiger partial charge on any atom is -0.480 e. The fraction of sp³-hybridized carbons (Fsp3) is 0.273. The number of hydrogen-bond acceptors (Lipinski definition) is 5. The number of benzene rings is 1. The van der Waals surface area contributed by atoms with Gasteiger partial charge in [0.15, 0.2) is 11.9 Å². The molecule has 1 aromatic heterocycles. The molecule has 0 aliphatic rings. The van der Waals surface area contributed by atoms with Crippen molar-refractivity contribution in [1.82, 2.24) is 20.2 Å². The lowest BCUT2D eigenvalue weighted by Crippen LogP contribution is -2.30. The molecule has 0 aliphatic carbocycles. The summed E-state index contributed by atoms with van der Waals surface area (Å²) in [5.74, 6) is -1.69. The first-order valence-electron chi connectivity index (χ1n) is 5.45. The number of hydrogen-bond donors (Lipinski definition) is 2. The maximum atomic E-state index is 13.2. The van der Waals surface area contributed by atoms with Crippen LogP contribution in [0, 0.1) is 5.82 Å². The van der Waals surface area contributed by atoms with Crippen LogP contribution in [0.2, 0.25) is 0 Å². The predicted octanol–water partition coefficient (Wildman–Crippen LogP) is 0.486. The van der Waals surface area contributed by atoms with E-state index in [9.17, 15) is 14.3 Å². The molecule has 0 bridgehead atoms. The maximum absolute atomic E-state index is 13.2. The Balaban J connectivity index is 2.50. The number of rotatable bonds is 4. The van der Waals surface area contributed by atoms with E-state index in [1.54, 1.807) is 6.07 Å². The van der Waals surface area contributed by atoms with Crippen molar-refractivity contribution < 1.29 is 19.4 Å². The Hall–Kier alpha value is -2.35. The normalized spacial score (nSPS) is 14.1. The molecule has 8 heteroatoms. The van der Waals surface area contributed by atoms with E-state index in [1.807, 2.05) is 0 Å². The van der Waals surface area contributed by atoms with Crippen LogP contribution >= 0.6 is 0 Å². The van der Waals surface area contributed by atoms with Crippen LogP contribution in [0.4, 0.5) is 4.39 Å². The van der Waals surface area contributed by atoms with Crippen molar-refractivity contribution >= 4 is 5.97 Å². The van der Waals surface area contributed by atoms with Gasteiger partial charge in [-0.1, -0.05) is 12.1 Å². The van der Waals surface area contributed by atoms with E-state index in [2.05, 4.69) is 15.5 Å². The van der Waals surface area contributed by atoms with Gasteiger partial charge in [-0.3, -0.25) is 0 Å². The predicted molar refractivity (Wildman–Crippen MR) is 61.6 cm³/mol. The summed E-state index contributed by atoms with van der Waals surface area (Å²) in [6.45, 7) is 1.32. The SMILES string of the molecule is CC(O)C(C(=O)O)n1nnnc1-c1cccc(F)c1. The van der Waals surface area contributed by atoms with E-state index < -0.39 is 23.9 Å². The highest BCUT2D eigenvalue weighted by Crippen LogP contribution is 2.21. The molecule has 0 aliphatic heterocycles. The van der Waals surface area contributed by atoms with Gasteiger partial charge in [-0.2, -0.15) is 0 Å². The molecule has 19 heavy (non-hydrogen) atoms. The van der Waals surface area contributed by atoms with Gasteiger partial charge >= 0.3 is 5.97 Å². The second-order valence-corrected chi connectivity index (χ2v) is 3.98. The van der Waals surface area contributed by atoms with E-state index in [4.69, 9.17) is 5.11 Å². The summed E-state index contributed by atoms with van der Waals surface area (Å²) < 4.78 is 14.1. The fourth-order valence-corrected chi connectivity index (χ4v) is 1.71. The number of aromatic nitrogens is 4. The largest absolute Gasteiger partial charge is 0.480 e. The second kappa shape index (κ2) is 5.11. The minimum atomic E-state index is -1.34. The van der Waals surface area contributed by atoms with Gasteiger partial charge in [0.2, 0.25) is 0 Å². The molecule has 2 N–H and O–H groups in total. The second-order valence-electron chi connectivity index (χ2n) is 3.98. The molecule has 0 radical (unpaired) electrons. The Morgan fingerprint density at radius 1 is 1.47 bits per heavy atom. The van der Waals surface area contributed by atoms with E-state index in [-0.39, 0.29) is 5.82 Å². The van der Waals surface area contributed by atoms with Crippen molar-refractivity contribution in [2.45, 2.75) is 19.1 Å². The molecule has 2 rings (SSSR count). The van der Waals surface area contributed by atoms with Gasteiger partial charge in [-0.15, -0.1) is 5.10 Å². The van der Waals surface area contributed by atoms with E-state index in [0.29, 0.717) is 5.56 Å². The van der Waals surface area contributed by atoms with Gasteiger partial charge < -0.3 is 10.2 Å². The molecule has 2 aromatic rings. The zero-order chi connectivity index (χ0) is 14.0. The molecule has 0 fully saturated rings. The lowest BCUT2D eigenvalue weighted by molar-refractivity contribution is -0.144. The summed E-state index contributed by atoms with van der Waals surface area (Å²) in [4.78, 5) is 11.1. The molecule has 0 saturated heterocycles. The number of aliphatic carboxylic acids is 1.